The van der Waals surface area contributed by atoms with Crippen LogP contribution in [0.2, 0.25) is 5.02 Å². The highest BCUT2D eigenvalue weighted by molar-refractivity contribution is 7.89. The number of hydrogen-bond acceptors (Lipinski definition) is 5. The Balaban J connectivity index is 2.29. The Hall–Kier alpha value is -2.69. The molecule has 0 atom stereocenters. The van der Waals surface area contributed by atoms with Gasteiger partial charge in [-0.1, -0.05) is 25.4 Å². The molecule has 0 fully saturated rings. The van der Waals surface area contributed by atoms with Crippen LogP contribution in [0.15, 0.2) is 41.3 Å². The van der Waals surface area contributed by atoms with Gasteiger partial charge in [-0.2, -0.15) is 4.31 Å². The van der Waals surface area contributed by atoms with E-state index in [1.165, 1.54) is 34.6 Å². The lowest BCUT2D eigenvalue weighted by atomic mass is 10.2. The number of amides is 2. The Morgan fingerprint density at radius 2 is 1.70 bits per heavy atom. The normalized spacial score (nSPS) is 11.9. The lowest BCUT2D eigenvalue weighted by Gasteiger charge is -2.20. The molecule has 0 spiro atoms. The smallest absolute Gasteiger partial charge is 0.412 e. The first-order valence-corrected chi connectivity index (χ1v) is 12.0. The van der Waals surface area contributed by atoms with E-state index in [0.29, 0.717) is 0 Å². The SMILES string of the molecule is CCN(CC)S(=O)(=O)c1ccc(Cl)c(C(=O)Nc2ccc(F)c(NC(=O)OC(C)(C)C)c2)c1. The Morgan fingerprint density at radius 1 is 1.06 bits per heavy atom. The van der Waals surface area contributed by atoms with E-state index >= 15 is 0 Å². The van der Waals surface area contributed by atoms with Crippen molar-refractivity contribution in [1.82, 2.24) is 4.31 Å². The largest absolute Gasteiger partial charge is 0.444 e. The summed E-state index contributed by atoms with van der Waals surface area (Å²) in [6.07, 6.45) is -0.859. The predicted octanol–water partition coefficient (Wildman–Crippen LogP) is 5.11. The molecule has 0 saturated heterocycles. The molecule has 0 aliphatic heterocycles. The molecule has 2 N–H and O–H groups in total. The van der Waals surface area contributed by atoms with Crippen molar-refractivity contribution in [1.29, 1.82) is 0 Å². The fraction of sp³-hybridized carbons (Fsp3) is 0.364. The molecular weight excluding hydrogens is 473 g/mol. The van der Waals surface area contributed by atoms with Gasteiger partial charge >= 0.3 is 6.09 Å². The minimum atomic E-state index is -3.80. The van der Waals surface area contributed by atoms with Gasteiger partial charge in [-0.15, -0.1) is 0 Å². The molecule has 0 radical (unpaired) electrons. The fourth-order valence-corrected chi connectivity index (χ4v) is 4.55. The van der Waals surface area contributed by atoms with Crippen LogP contribution in [0.5, 0.6) is 0 Å². The van der Waals surface area contributed by atoms with Gasteiger partial charge < -0.3 is 10.1 Å². The Bertz CT molecular complexity index is 1150. The van der Waals surface area contributed by atoms with Crippen molar-refractivity contribution in [3.8, 4) is 0 Å². The van der Waals surface area contributed by atoms with Crippen LogP contribution < -0.4 is 10.6 Å². The van der Waals surface area contributed by atoms with E-state index in [-0.39, 0.29) is 39.9 Å². The second-order valence-electron chi connectivity index (χ2n) is 8.01. The van der Waals surface area contributed by atoms with Crippen LogP contribution in [0.1, 0.15) is 45.0 Å². The highest BCUT2D eigenvalue weighted by Gasteiger charge is 2.24. The molecule has 180 valence electrons. The Morgan fingerprint density at radius 3 is 2.27 bits per heavy atom. The van der Waals surface area contributed by atoms with E-state index in [1.54, 1.807) is 34.6 Å². The van der Waals surface area contributed by atoms with Gasteiger partial charge in [0.15, 0.2) is 0 Å². The quantitative estimate of drug-likeness (QED) is 0.550. The van der Waals surface area contributed by atoms with Crippen molar-refractivity contribution in [2.75, 3.05) is 23.7 Å². The van der Waals surface area contributed by atoms with Crippen LogP contribution in [0.3, 0.4) is 0 Å². The number of carbonyl (C=O) groups excluding carboxylic acids is 2. The number of carbonyl (C=O) groups is 2. The summed E-state index contributed by atoms with van der Waals surface area (Å²) in [6, 6.07) is 7.40. The van der Waals surface area contributed by atoms with E-state index in [2.05, 4.69) is 10.6 Å². The van der Waals surface area contributed by atoms with Gasteiger partial charge in [0, 0.05) is 18.8 Å². The molecular formula is C22H27ClFN3O5S. The summed E-state index contributed by atoms with van der Waals surface area (Å²) in [5.74, 6) is -1.43. The third-order valence-corrected chi connectivity index (χ3v) is 6.76. The zero-order valence-electron chi connectivity index (χ0n) is 19.0. The van der Waals surface area contributed by atoms with Crippen LogP contribution in [0, 0.1) is 5.82 Å². The van der Waals surface area contributed by atoms with Crippen molar-refractivity contribution in [2.24, 2.45) is 0 Å². The number of sulfonamides is 1. The number of benzene rings is 2. The van der Waals surface area contributed by atoms with E-state index in [4.69, 9.17) is 16.3 Å². The van der Waals surface area contributed by atoms with Crippen LogP contribution in [-0.2, 0) is 14.8 Å². The molecule has 2 aromatic rings. The molecule has 0 aliphatic rings. The number of nitrogens with one attached hydrogen (secondary N) is 2. The number of nitrogens with zero attached hydrogens (tertiary/aromatic N) is 1. The summed E-state index contributed by atoms with van der Waals surface area (Å²) in [4.78, 5) is 24.7. The van der Waals surface area contributed by atoms with Gasteiger partial charge in [0.05, 0.1) is 21.2 Å². The summed E-state index contributed by atoms with van der Waals surface area (Å²) < 4.78 is 46.1. The maximum atomic E-state index is 14.1. The van der Waals surface area contributed by atoms with Crippen molar-refractivity contribution in [3.63, 3.8) is 0 Å². The molecule has 0 saturated carbocycles. The third-order valence-electron chi connectivity index (χ3n) is 4.39. The van der Waals surface area contributed by atoms with Crippen LogP contribution in [0.4, 0.5) is 20.6 Å². The molecule has 0 unspecified atom stereocenters. The summed E-state index contributed by atoms with van der Waals surface area (Å²) in [5, 5.41) is 4.86. The fourth-order valence-electron chi connectivity index (χ4n) is 2.86. The summed E-state index contributed by atoms with van der Waals surface area (Å²) in [5.41, 5.74) is -0.901. The average molecular weight is 500 g/mol. The third kappa shape index (κ3) is 6.89. The number of halogens is 2. The van der Waals surface area contributed by atoms with Gasteiger partial charge in [0.1, 0.15) is 11.4 Å². The Kier molecular flexibility index (Phi) is 8.45. The monoisotopic (exact) mass is 499 g/mol. The van der Waals surface area contributed by atoms with Crippen molar-refractivity contribution in [3.05, 3.63) is 52.8 Å². The van der Waals surface area contributed by atoms with E-state index in [9.17, 15) is 22.4 Å². The molecule has 0 aliphatic carbocycles. The molecule has 2 rings (SSSR count). The lowest BCUT2D eigenvalue weighted by molar-refractivity contribution is 0.0635. The minimum absolute atomic E-state index is 0.0419. The molecule has 2 aromatic carbocycles. The van der Waals surface area contributed by atoms with E-state index in [0.717, 1.165) is 6.07 Å². The zero-order valence-corrected chi connectivity index (χ0v) is 20.6. The lowest BCUT2D eigenvalue weighted by Crippen LogP contribution is -2.30. The molecule has 0 heterocycles. The van der Waals surface area contributed by atoms with Gasteiger partial charge in [-0.25, -0.2) is 17.6 Å². The van der Waals surface area contributed by atoms with Crippen molar-refractivity contribution in [2.45, 2.75) is 45.1 Å². The maximum absolute atomic E-state index is 14.1. The van der Waals surface area contributed by atoms with Crippen molar-refractivity contribution < 1.29 is 27.1 Å². The Labute approximate surface area is 198 Å². The first kappa shape index (κ1) is 26.6. The van der Waals surface area contributed by atoms with Gasteiger partial charge in [0.25, 0.3) is 5.91 Å². The average Bonchev–Trinajstić information content (AvgIpc) is 2.69. The zero-order chi connectivity index (χ0) is 25.0. The second kappa shape index (κ2) is 10.5. The first-order chi connectivity index (χ1) is 15.3. The molecule has 0 aromatic heterocycles. The second-order valence-corrected chi connectivity index (χ2v) is 10.4. The minimum Gasteiger partial charge on any atom is -0.444 e. The number of rotatable bonds is 7. The highest BCUT2D eigenvalue weighted by atomic mass is 35.5. The molecule has 11 heteroatoms. The number of anilines is 2. The van der Waals surface area contributed by atoms with Crippen molar-refractivity contribution >= 4 is 45.0 Å². The predicted molar refractivity (Wildman–Crippen MR) is 126 cm³/mol. The van der Waals surface area contributed by atoms with Gasteiger partial charge in [0.2, 0.25) is 10.0 Å². The summed E-state index contributed by atoms with van der Waals surface area (Å²) >= 11 is 6.14. The van der Waals surface area contributed by atoms with Gasteiger partial charge in [-0.3, -0.25) is 10.1 Å². The molecule has 0 bridgehead atoms. The number of hydrogen-bond donors (Lipinski definition) is 2. The topological polar surface area (TPSA) is 105 Å². The summed E-state index contributed by atoms with van der Waals surface area (Å²) in [6.45, 7) is 8.95. The molecule has 2 amide bonds. The van der Waals surface area contributed by atoms with E-state index < -0.39 is 33.4 Å². The standard InChI is InChI=1S/C22H27ClFN3O5S/c1-6-27(7-2)33(30,31)15-9-10-17(23)16(13-15)20(28)25-14-8-11-18(24)19(12-14)26-21(29)32-22(3,4)5/h8-13H,6-7H2,1-5H3,(H,25,28)(H,26,29). The van der Waals surface area contributed by atoms with Gasteiger partial charge in [-0.05, 0) is 57.2 Å². The van der Waals surface area contributed by atoms with E-state index in [1.807, 2.05) is 0 Å². The highest BCUT2D eigenvalue weighted by Crippen LogP contribution is 2.26. The maximum Gasteiger partial charge on any atom is 0.412 e. The number of ether oxygens (including phenoxy) is 1. The van der Waals surface area contributed by atoms with Crippen LogP contribution >= 0.6 is 11.6 Å². The molecule has 8 nitrogen and oxygen atoms in total. The first-order valence-electron chi connectivity index (χ1n) is 10.2. The summed E-state index contributed by atoms with van der Waals surface area (Å²) in [7, 11) is -3.80. The molecule has 33 heavy (non-hydrogen) atoms. The van der Waals surface area contributed by atoms with Crippen LogP contribution in [-0.4, -0.2) is 43.4 Å². The van der Waals surface area contributed by atoms with Crippen LogP contribution in [0.25, 0.3) is 0 Å².